The maximum atomic E-state index is 13.4. The van der Waals surface area contributed by atoms with Gasteiger partial charge in [-0.2, -0.15) is 0 Å². The summed E-state index contributed by atoms with van der Waals surface area (Å²) in [4.78, 5) is 0. The molecule has 2 atom stereocenters. The van der Waals surface area contributed by atoms with Gasteiger partial charge in [0.05, 0.1) is 12.7 Å². The number of hydrogen-bond acceptors (Lipinski definition) is 4. The van der Waals surface area contributed by atoms with Crippen LogP contribution in [-0.2, 0) is 6.61 Å². The number of aliphatic hydroxyl groups excluding tert-OH is 3. The van der Waals surface area contributed by atoms with Gasteiger partial charge in [0.1, 0.15) is 17.7 Å². The van der Waals surface area contributed by atoms with Crippen LogP contribution in [0, 0.1) is 11.6 Å². The van der Waals surface area contributed by atoms with Gasteiger partial charge in [-0.25, -0.2) is 8.78 Å². The number of aliphatic hydroxyl groups is 3. The molecule has 18 heavy (non-hydrogen) atoms. The number of hydrogen-bond donors (Lipinski definition) is 4. The molecule has 0 aliphatic heterocycles. The zero-order valence-corrected chi connectivity index (χ0v) is 10.0. The van der Waals surface area contributed by atoms with Gasteiger partial charge in [-0.3, -0.25) is 0 Å². The Morgan fingerprint density at radius 3 is 2.22 bits per heavy atom. The monoisotopic (exact) mass is 261 g/mol. The van der Waals surface area contributed by atoms with Gasteiger partial charge in [-0.1, -0.05) is 0 Å². The highest BCUT2D eigenvalue weighted by Gasteiger charge is 2.21. The number of benzene rings is 1. The van der Waals surface area contributed by atoms with Gasteiger partial charge in [0.15, 0.2) is 0 Å². The molecule has 1 aromatic rings. The van der Waals surface area contributed by atoms with Crippen molar-refractivity contribution in [3.05, 3.63) is 34.9 Å². The molecule has 4 N–H and O–H groups in total. The van der Waals surface area contributed by atoms with E-state index in [4.69, 9.17) is 5.11 Å². The average Bonchev–Trinajstić information content (AvgIpc) is 2.34. The second kappa shape index (κ2) is 6.75. The minimum absolute atomic E-state index is 0.0502. The quantitative estimate of drug-likeness (QED) is 0.600. The highest BCUT2D eigenvalue weighted by molar-refractivity contribution is 5.27. The molecule has 0 saturated heterocycles. The summed E-state index contributed by atoms with van der Waals surface area (Å²) in [5.74, 6) is -1.88. The predicted molar refractivity (Wildman–Crippen MR) is 61.8 cm³/mol. The third-order valence-electron chi connectivity index (χ3n) is 2.72. The predicted octanol–water partition coefficient (Wildman–Crippen LogP) is 0.461. The van der Waals surface area contributed by atoms with Gasteiger partial charge in [0.2, 0.25) is 0 Å². The Morgan fingerprint density at radius 2 is 1.78 bits per heavy atom. The first-order valence-electron chi connectivity index (χ1n) is 5.60. The Bertz CT molecular complexity index is 378. The lowest BCUT2D eigenvalue weighted by atomic mass is 10.00. The molecular formula is C12H17F2NO3. The first-order chi connectivity index (χ1) is 8.51. The van der Waals surface area contributed by atoms with Crippen molar-refractivity contribution in [2.45, 2.75) is 25.2 Å². The molecule has 0 heterocycles. The fourth-order valence-corrected chi connectivity index (χ4v) is 1.62. The summed E-state index contributed by atoms with van der Waals surface area (Å²) in [7, 11) is 1.69. The van der Waals surface area contributed by atoms with Crippen molar-refractivity contribution < 1.29 is 24.1 Å². The molecule has 0 saturated carbocycles. The molecule has 0 aromatic heterocycles. The molecule has 102 valence electrons. The van der Waals surface area contributed by atoms with Crippen LogP contribution in [0.4, 0.5) is 8.78 Å². The topological polar surface area (TPSA) is 72.7 Å². The SMILES string of the molecule is CNCCC(O)C(O)c1cc(F)c(CO)c(F)c1. The van der Waals surface area contributed by atoms with Gasteiger partial charge in [0.25, 0.3) is 0 Å². The maximum Gasteiger partial charge on any atom is 0.132 e. The molecular weight excluding hydrogens is 244 g/mol. The van der Waals surface area contributed by atoms with E-state index < -0.39 is 36.0 Å². The van der Waals surface area contributed by atoms with E-state index in [9.17, 15) is 19.0 Å². The lowest BCUT2D eigenvalue weighted by molar-refractivity contribution is 0.0136. The molecule has 0 bridgehead atoms. The Balaban J connectivity index is 2.89. The number of rotatable bonds is 6. The van der Waals surface area contributed by atoms with Gasteiger partial charge in [0, 0.05) is 5.56 Å². The van der Waals surface area contributed by atoms with E-state index >= 15 is 0 Å². The van der Waals surface area contributed by atoms with Crippen LogP contribution in [0.25, 0.3) is 0 Å². The van der Waals surface area contributed by atoms with Gasteiger partial charge >= 0.3 is 0 Å². The number of nitrogens with one attached hydrogen (secondary N) is 1. The smallest absolute Gasteiger partial charge is 0.132 e. The second-order valence-electron chi connectivity index (χ2n) is 4.03. The zero-order chi connectivity index (χ0) is 13.7. The molecule has 0 fully saturated rings. The Morgan fingerprint density at radius 1 is 1.22 bits per heavy atom. The van der Waals surface area contributed by atoms with Crippen molar-refractivity contribution in [1.82, 2.24) is 5.32 Å². The first kappa shape index (κ1) is 15.0. The second-order valence-corrected chi connectivity index (χ2v) is 4.03. The van der Waals surface area contributed by atoms with Crippen molar-refractivity contribution >= 4 is 0 Å². The molecule has 1 aromatic carbocycles. The van der Waals surface area contributed by atoms with Crippen LogP contribution in [0.15, 0.2) is 12.1 Å². The summed E-state index contributed by atoms with van der Waals surface area (Å²) < 4.78 is 26.8. The van der Waals surface area contributed by atoms with Gasteiger partial charge in [-0.15, -0.1) is 0 Å². The maximum absolute atomic E-state index is 13.4. The van der Waals surface area contributed by atoms with Crippen LogP contribution in [0.5, 0.6) is 0 Å². The van der Waals surface area contributed by atoms with Crippen molar-refractivity contribution in [3.8, 4) is 0 Å². The summed E-state index contributed by atoms with van der Waals surface area (Å²) in [5, 5.41) is 30.9. The minimum Gasteiger partial charge on any atom is -0.391 e. The van der Waals surface area contributed by atoms with E-state index in [1.54, 1.807) is 7.05 Å². The summed E-state index contributed by atoms with van der Waals surface area (Å²) in [6.07, 6.45) is -2.23. The van der Waals surface area contributed by atoms with E-state index in [2.05, 4.69) is 5.32 Å². The van der Waals surface area contributed by atoms with Crippen LogP contribution >= 0.6 is 0 Å². The van der Waals surface area contributed by atoms with Gasteiger partial charge in [-0.05, 0) is 37.7 Å². The molecule has 4 nitrogen and oxygen atoms in total. The van der Waals surface area contributed by atoms with Crippen LogP contribution in [0.2, 0.25) is 0 Å². The van der Waals surface area contributed by atoms with E-state index in [0.717, 1.165) is 12.1 Å². The molecule has 2 unspecified atom stereocenters. The van der Waals surface area contributed by atoms with Crippen LogP contribution < -0.4 is 5.32 Å². The van der Waals surface area contributed by atoms with Crippen molar-refractivity contribution in [1.29, 1.82) is 0 Å². The van der Waals surface area contributed by atoms with E-state index in [1.807, 2.05) is 0 Å². The fourth-order valence-electron chi connectivity index (χ4n) is 1.62. The highest BCUT2D eigenvalue weighted by atomic mass is 19.1. The van der Waals surface area contributed by atoms with Crippen molar-refractivity contribution in [3.63, 3.8) is 0 Å². The summed E-state index contributed by atoms with van der Waals surface area (Å²) in [6.45, 7) is -0.283. The Labute approximate surface area is 104 Å². The lowest BCUT2D eigenvalue weighted by Gasteiger charge is -2.18. The molecule has 0 aliphatic carbocycles. The van der Waals surface area contributed by atoms with Crippen molar-refractivity contribution in [2.24, 2.45) is 0 Å². The average molecular weight is 261 g/mol. The van der Waals surface area contributed by atoms with E-state index in [-0.39, 0.29) is 12.0 Å². The number of halogens is 2. The Hall–Kier alpha value is -1.08. The molecule has 0 radical (unpaired) electrons. The molecule has 1 rings (SSSR count). The summed E-state index contributed by atoms with van der Waals surface area (Å²) in [6, 6.07) is 1.84. The molecule has 0 amide bonds. The highest BCUT2D eigenvalue weighted by Crippen LogP contribution is 2.23. The molecule has 0 spiro atoms. The third-order valence-corrected chi connectivity index (χ3v) is 2.72. The molecule has 0 aliphatic rings. The van der Waals surface area contributed by atoms with Crippen LogP contribution in [0.3, 0.4) is 0 Å². The van der Waals surface area contributed by atoms with Gasteiger partial charge < -0.3 is 20.6 Å². The normalized spacial score (nSPS) is 14.6. The van der Waals surface area contributed by atoms with Crippen molar-refractivity contribution in [2.75, 3.05) is 13.6 Å². The largest absolute Gasteiger partial charge is 0.391 e. The zero-order valence-electron chi connectivity index (χ0n) is 10.0. The van der Waals surface area contributed by atoms with Crippen LogP contribution in [-0.4, -0.2) is 35.0 Å². The summed E-state index contributed by atoms with van der Waals surface area (Å²) in [5.41, 5.74) is -0.499. The fraction of sp³-hybridized carbons (Fsp3) is 0.500. The first-order valence-corrected chi connectivity index (χ1v) is 5.60. The Kier molecular flexibility index (Phi) is 5.61. The lowest BCUT2D eigenvalue weighted by Crippen LogP contribution is -2.23. The standard InChI is InChI=1S/C12H17F2NO3/c1-15-3-2-11(17)12(18)7-4-9(13)8(6-16)10(14)5-7/h4-5,11-12,15-18H,2-3,6H2,1H3. The van der Waals surface area contributed by atoms with Crippen LogP contribution in [0.1, 0.15) is 23.7 Å². The van der Waals surface area contributed by atoms with E-state index in [1.165, 1.54) is 0 Å². The molecule has 6 heteroatoms. The van der Waals surface area contributed by atoms with E-state index in [0.29, 0.717) is 6.54 Å². The summed E-state index contributed by atoms with van der Waals surface area (Å²) >= 11 is 0. The minimum atomic E-state index is -1.37. The third kappa shape index (κ3) is 3.46.